The standard InChI is InChI=1S/C15H20N2O/c18-8-7-16-10-11-5-6-15-13(9-11)12-3-1-2-4-14(12)17-15/h1-4,11,16-18H,5-10H2. The summed E-state index contributed by atoms with van der Waals surface area (Å²) < 4.78 is 0. The molecule has 3 N–H and O–H groups in total. The molecule has 0 saturated heterocycles. The Kier molecular flexibility index (Phi) is 3.35. The highest BCUT2D eigenvalue weighted by molar-refractivity contribution is 5.84. The van der Waals surface area contributed by atoms with E-state index in [1.54, 1.807) is 0 Å². The molecule has 3 heteroatoms. The summed E-state index contributed by atoms with van der Waals surface area (Å²) in [5.41, 5.74) is 4.20. The number of aryl methyl sites for hydroxylation is 1. The van der Waals surface area contributed by atoms with E-state index in [1.807, 2.05) is 0 Å². The first kappa shape index (κ1) is 11.8. The van der Waals surface area contributed by atoms with Crippen molar-refractivity contribution in [2.45, 2.75) is 19.3 Å². The first-order valence-corrected chi connectivity index (χ1v) is 6.78. The lowest BCUT2D eigenvalue weighted by molar-refractivity contribution is 0.285. The van der Waals surface area contributed by atoms with Crippen molar-refractivity contribution in [1.82, 2.24) is 10.3 Å². The van der Waals surface area contributed by atoms with E-state index in [4.69, 9.17) is 5.11 Å². The number of rotatable bonds is 4. The van der Waals surface area contributed by atoms with E-state index in [0.29, 0.717) is 12.5 Å². The summed E-state index contributed by atoms with van der Waals surface area (Å²) in [4.78, 5) is 3.54. The summed E-state index contributed by atoms with van der Waals surface area (Å²) in [6.45, 7) is 1.95. The van der Waals surface area contributed by atoms with Crippen LogP contribution in [-0.4, -0.2) is 29.8 Å². The average molecular weight is 244 g/mol. The summed E-state index contributed by atoms with van der Waals surface area (Å²) in [6, 6.07) is 8.58. The smallest absolute Gasteiger partial charge is 0.0555 e. The van der Waals surface area contributed by atoms with Crippen LogP contribution in [0.15, 0.2) is 24.3 Å². The van der Waals surface area contributed by atoms with Gasteiger partial charge in [0.15, 0.2) is 0 Å². The molecule has 3 rings (SSSR count). The first-order valence-electron chi connectivity index (χ1n) is 6.78. The van der Waals surface area contributed by atoms with E-state index in [0.717, 1.165) is 19.4 Å². The van der Waals surface area contributed by atoms with Crippen LogP contribution < -0.4 is 5.32 Å². The maximum absolute atomic E-state index is 8.79. The molecule has 2 aromatic rings. The van der Waals surface area contributed by atoms with E-state index < -0.39 is 0 Å². The highest BCUT2D eigenvalue weighted by Gasteiger charge is 2.21. The fourth-order valence-electron chi connectivity index (χ4n) is 3.00. The molecule has 0 bridgehead atoms. The third-order valence-electron chi connectivity index (χ3n) is 3.92. The molecule has 0 spiro atoms. The molecule has 1 atom stereocenters. The van der Waals surface area contributed by atoms with Gasteiger partial charge in [0.1, 0.15) is 0 Å². The quantitative estimate of drug-likeness (QED) is 0.719. The molecule has 0 radical (unpaired) electrons. The van der Waals surface area contributed by atoms with Crippen LogP contribution in [0.2, 0.25) is 0 Å². The minimum absolute atomic E-state index is 0.227. The summed E-state index contributed by atoms with van der Waals surface area (Å²) in [6.07, 6.45) is 3.53. The Morgan fingerprint density at radius 1 is 1.33 bits per heavy atom. The Hall–Kier alpha value is -1.32. The first-order chi connectivity index (χ1) is 8.88. The van der Waals surface area contributed by atoms with E-state index in [-0.39, 0.29) is 6.61 Å². The zero-order valence-electron chi connectivity index (χ0n) is 10.6. The van der Waals surface area contributed by atoms with Crippen LogP contribution in [0.25, 0.3) is 10.9 Å². The van der Waals surface area contributed by atoms with Gasteiger partial charge in [-0.1, -0.05) is 18.2 Å². The van der Waals surface area contributed by atoms with Crippen LogP contribution in [0.4, 0.5) is 0 Å². The van der Waals surface area contributed by atoms with Gasteiger partial charge in [-0.3, -0.25) is 0 Å². The average Bonchev–Trinajstić information content (AvgIpc) is 2.77. The number of hydrogen-bond donors (Lipinski definition) is 3. The van der Waals surface area contributed by atoms with E-state index in [1.165, 1.54) is 28.6 Å². The number of hydrogen-bond acceptors (Lipinski definition) is 2. The number of fused-ring (bicyclic) bond motifs is 3. The van der Waals surface area contributed by atoms with Crippen molar-refractivity contribution in [1.29, 1.82) is 0 Å². The second-order valence-corrected chi connectivity index (χ2v) is 5.16. The van der Waals surface area contributed by atoms with E-state index in [2.05, 4.69) is 34.6 Å². The molecule has 0 fully saturated rings. The van der Waals surface area contributed by atoms with Crippen molar-refractivity contribution >= 4 is 10.9 Å². The third-order valence-corrected chi connectivity index (χ3v) is 3.92. The Bertz CT molecular complexity index is 532. The van der Waals surface area contributed by atoms with Crippen LogP contribution in [0.3, 0.4) is 0 Å². The summed E-state index contributed by atoms with van der Waals surface area (Å²) in [7, 11) is 0. The Labute approximate surface area is 107 Å². The van der Waals surface area contributed by atoms with Crippen LogP contribution in [0, 0.1) is 5.92 Å². The number of aliphatic hydroxyl groups excluding tert-OH is 1. The van der Waals surface area contributed by atoms with Crippen molar-refractivity contribution in [3.05, 3.63) is 35.5 Å². The van der Waals surface area contributed by atoms with Crippen LogP contribution >= 0.6 is 0 Å². The predicted molar refractivity (Wildman–Crippen MR) is 73.8 cm³/mol. The number of aliphatic hydroxyl groups is 1. The van der Waals surface area contributed by atoms with Gasteiger partial charge in [0.25, 0.3) is 0 Å². The van der Waals surface area contributed by atoms with Gasteiger partial charge in [-0.15, -0.1) is 0 Å². The summed E-state index contributed by atoms with van der Waals surface area (Å²) >= 11 is 0. The Morgan fingerprint density at radius 3 is 3.11 bits per heavy atom. The number of nitrogens with one attached hydrogen (secondary N) is 2. The minimum atomic E-state index is 0.227. The molecule has 1 unspecified atom stereocenters. The molecule has 0 saturated carbocycles. The maximum Gasteiger partial charge on any atom is 0.0555 e. The number of H-pyrrole nitrogens is 1. The number of aromatic nitrogens is 1. The van der Waals surface area contributed by atoms with Gasteiger partial charge in [-0.05, 0) is 43.4 Å². The van der Waals surface area contributed by atoms with E-state index in [9.17, 15) is 0 Å². The molecule has 96 valence electrons. The zero-order chi connectivity index (χ0) is 12.4. The van der Waals surface area contributed by atoms with Crippen molar-refractivity contribution in [2.75, 3.05) is 19.7 Å². The molecule has 1 heterocycles. The molecule has 0 amide bonds. The SMILES string of the molecule is OCCNCC1CCc2[nH]c3ccccc3c2C1. The van der Waals surface area contributed by atoms with Crippen molar-refractivity contribution in [3.63, 3.8) is 0 Å². The second kappa shape index (κ2) is 5.12. The fraction of sp³-hybridized carbons (Fsp3) is 0.467. The number of benzene rings is 1. The van der Waals surface area contributed by atoms with Crippen LogP contribution in [-0.2, 0) is 12.8 Å². The number of aromatic amines is 1. The number of para-hydroxylation sites is 1. The van der Waals surface area contributed by atoms with Crippen LogP contribution in [0.5, 0.6) is 0 Å². The maximum atomic E-state index is 8.79. The summed E-state index contributed by atoms with van der Waals surface area (Å²) in [5, 5.41) is 13.5. The fourth-order valence-corrected chi connectivity index (χ4v) is 3.00. The molecule has 3 nitrogen and oxygen atoms in total. The molecule has 1 aliphatic carbocycles. The Morgan fingerprint density at radius 2 is 2.22 bits per heavy atom. The second-order valence-electron chi connectivity index (χ2n) is 5.16. The minimum Gasteiger partial charge on any atom is -0.395 e. The highest BCUT2D eigenvalue weighted by atomic mass is 16.3. The van der Waals surface area contributed by atoms with Crippen molar-refractivity contribution < 1.29 is 5.11 Å². The Balaban J connectivity index is 1.78. The lowest BCUT2D eigenvalue weighted by Crippen LogP contribution is -2.29. The van der Waals surface area contributed by atoms with Gasteiger partial charge >= 0.3 is 0 Å². The lowest BCUT2D eigenvalue weighted by atomic mass is 9.86. The molecular formula is C15H20N2O. The van der Waals surface area contributed by atoms with Gasteiger partial charge in [-0.25, -0.2) is 0 Å². The lowest BCUT2D eigenvalue weighted by Gasteiger charge is -2.22. The third kappa shape index (κ3) is 2.16. The molecule has 1 aliphatic rings. The predicted octanol–water partition coefficient (Wildman–Crippen LogP) is 1.85. The van der Waals surface area contributed by atoms with Gasteiger partial charge in [0.2, 0.25) is 0 Å². The van der Waals surface area contributed by atoms with Crippen molar-refractivity contribution in [3.8, 4) is 0 Å². The normalized spacial score (nSPS) is 19.1. The highest BCUT2D eigenvalue weighted by Crippen LogP contribution is 2.31. The van der Waals surface area contributed by atoms with Crippen molar-refractivity contribution in [2.24, 2.45) is 5.92 Å². The van der Waals surface area contributed by atoms with Gasteiger partial charge in [-0.2, -0.15) is 0 Å². The molecule has 1 aromatic heterocycles. The van der Waals surface area contributed by atoms with Crippen LogP contribution in [0.1, 0.15) is 17.7 Å². The molecule has 0 aliphatic heterocycles. The van der Waals surface area contributed by atoms with Gasteiger partial charge in [0, 0.05) is 23.1 Å². The monoisotopic (exact) mass is 244 g/mol. The van der Waals surface area contributed by atoms with E-state index >= 15 is 0 Å². The molecule has 1 aromatic carbocycles. The van der Waals surface area contributed by atoms with Gasteiger partial charge < -0.3 is 15.4 Å². The van der Waals surface area contributed by atoms with Gasteiger partial charge in [0.05, 0.1) is 6.61 Å². The largest absolute Gasteiger partial charge is 0.395 e. The molecular weight excluding hydrogens is 224 g/mol. The topological polar surface area (TPSA) is 48.0 Å². The molecule has 18 heavy (non-hydrogen) atoms. The summed E-state index contributed by atoms with van der Waals surface area (Å²) in [5.74, 6) is 0.697. The zero-order valence-corrected chi connectivity index (χ0v) is 10.6.